The van der Waals surface area contributed by atoms with Crippen molar-refractivity contribution in [2.24, 2.45) is 0 Å². The quantitative estimate of drug-likeness (QED) is 0.875. The summed E-state index contributed by atoms with van der Waals surface area (Å²) in [5.41, 5.74) is 1.14. The van der Waals surface area contributed by atoms with Gasteiger partial charge in [0.1, 0.15) is 24.1 Å². The second kappa shape index (κ2) is 6.37. The van der Waals surface area contributed by atoms with E-state index in [0.29, 0.717) is 30.6 Å². The van der Waals surface area contributed by atoms with Gasteiger partial charge in [0.15, 0.2) is 11.5 Å². The van der Waals surface area contributed by atoms with Crippen molar-refractivity contribution < 1.29 is 9.47 Å². The molecule has 0 bridgehead atoms. The smallest absolute Gasteiger partial charge is 0.224 e. The molecule has 0 spiro atoms. The van der Waals surface area contributed by atoms with Crippen molar-refractivity contribution in [2.45, 2.75) is 6.42 Å². The lowest BCUT2D eigenvalue weighted by Gasteiger charge is -2.19. The van der Waals surface area contributed by atoms with Crippen LogP contribution in [0.15, 0.2) is 24.4 Å². The van der Waals surface area contributed by atoms with Crippen LogP contribution in [0, 0.1) is 0 Å². The minimum absolute atomic E-state index is 0.168. The average molecular weight is 326 g/mol. The van der Waals surface area contributed by atoms with E-state index in [0.717, 1.165) is 23.5 Å². The number of halogens is 2. The van der Waals surface area contributed by atoms with Gasteiger partial charge >= 0.3 is 0 Å². The number of nitrogens with zero attached hydrogens (tertiary/aromatic N) is 2. The van der Waals surface area contributed by atoms with Gasteiger partial charge in [-0.3, -0.25) is 0 Å². The Labute approximate surface area is 132 Å². The minimum atomic E-state index is 0.168. The van der Waals surface area contributed by atoms with E-state index in [2.05, 4.69) is 15.3 Å². The van der Waals surface area contributed by atoms with Crippen molar-refractivity contribution in [2.75, 3.05) is 25.1 Å². The Morgan fingerprint density at radius 2 is 1.95 bits per heavy atom. The maximum atomic E-state index is 5.99. The lowest BCUT2D eigenvalue weighted by molar-refractivity contribution is 0.171. The lowest BCUT2D eigenvalue weighted by Crippen LogP contribution is -2.15. The van der Waals surface area contributed by atoms with E-state index < -0.39 is 0 Å². The highest BCUT2D eigenvalue weighted by molar-refractivity contribution is 6.33. The Morgan fingerprint density at radius 3 is 2.81 bits per heavy atom. The zero-order valence-corrected chi connectivity index (χ0v) is 12.6. The normalized spacial score (nSPS) is 13.0. The fraction of sp³-hybridized carbons (Fsp3) is 0.286. The number of nitrogens with one attached hydrogen (secondary N) is 1. The van der Waals surface area contributed by atoms with Crippen LogP contribution in [0.2, 0.25) is 10.3 Å². The third-order valence-corrected chi connectivity index (χ3v) is 3.49. The fourth-order valence-electron chi connectivity index (χ4n) is 2.04. The van der Waals surface area contributed by atoms with Crippen LogP contribution in [0.4, 0.5) is 5.82 Å². The summed E-state index contributed by atoms with van der Waals surface area (Å²) in [5.74, 6) is 2.12. The molecular weight excluding hydrogens is 313 g/mol. The van der Waals surface area contributed by atoms with Crippen molar-refractivity contribution in [1.29, 1.82) is 0 Å². The topological polar surface area (TPSA) is 56.3 Å². The van der Waals surface area contributed by atoms with Crippen LogP contribution >= 0.6 is 23.2 Å². The second-order valence-corrected chi connectivity index (χ2v) is 5.24. The molecule has 1 N–H and O–H groups in total. The molecule has 0 atom stereocenters. The van der Waals surface area contributed by atoms with Crippen molar-refractivity contribution in [3.8, 4) is 11.5 Å². The van der Waals surface area contributed by atoms with Gasteiger partial charge in [-0.15, -0.1) is 0 Å². The summed E-state index contributed by atoms with van der Waals surface area (Å²) >= 11 is 11.7. The highest BCUT2D eigenvalue weighted by atomic mass is 35.5. The summed E-state index contributed by atoms with van der Waals surface area (Å²) < 4.78 is 11.1. The molecule has 0 fully saturated rings. The van der Waals surface area contributed by atoms with Gasteiger partial charge in [-0.2, -0.15) is 4.98 Å². The van der Waals surface area contributed by atoms with Crippen LogP contribution in [-0.2, 0) is 6.42 Å². The number of aromatic nitrogens is 2. The van der Waals surface area contributed by atoms with E-state index >= 15 is 0 Å². The lowest BCUT2D eigenvalue weighted by atomic mass is 10.1. The van der Waals surface area contributed by atoms with Crippen LogP contribution < -0.4 is 14.8 Å². The van der Waals surface area contributed by atoms with Gasteiger partial charge in [0.05, 0.1) is 6.20 Å². The van der Waals surface area contributed by atoms with Gasteiger partial charge in [0.25, 0.3) is 0 Å². The number of hydrogen-bond donors (Lipinski definition) is 1. The monoisotopic (exact) mass is 325 g/mol. The van der Waals surface area contributed by atoms with E-state index in [1.807, 2.05) is 18.2 Å². The molecule has 0 aliphatic carbocycles. The highest BCUT2D eigenvalue weighted by Gasteiger charge is 2.11. The molecule has 0 saturated carbocycles. The number of ether oxygens (including phenoxy) is 2. The highest BCUT2D eigenvalue weighted by Crippen LogP contribution is 2.30. The molecule has 0 radical (unpaired) electrons. The van der Waals surface area contributed by atoms with Crippen LogP contribution in [-0.4, -0.2) is 29.7 Å². The summed E-state index contributed by atoms with van der Waals surface area (Å²) in [5, 5.41) is 3.76. The number of anilines is 1. The Hall–Kier alpha value is -1.72. The third kappa shape index (κ3) is 3.49. The minimum Gasteiger partial charge on any atom is -0.486 e. The second-order valence-electron chi connectivity index (χ2n) is 4.49. The largest absolute Gasteiger partial charge is 0.486 e. The first-order valence-electron chi connectivity index (χ1n) is 6.53. The third-order valence-electron chi connectivity index (χ3n) is 3.03. The zero-order valence-electron chi connectivity index (χ0n) is 11.1. The van der Waals surface area contributed by atoms with E-state index in [-0.39, 0.29) is 5.28 Å². The maximum Gasteiger partial charge on any atom is 0.224 e. The molecule has 7 heteroatoms. The van der Waals surface area contributed by atoms with Crippen LogP contribution in [0.5, 0.6) is 11.5 Å². The van der Waals surface area contributed by atoms with E-state index in [9.17, 15) is 0 Å². The molecule has 0 saturated heterocycles. The first-order chi connectivity index (χ1) is 10.2. The molecule has 2 heterocycles. The molecule has 5 nitrogen and oxygen atoms in total. The molecule has 0 amide bonds. The van der Waals surface area contributed by atoms with Gasteiger partial charge in [0.2, 0.25) is 5.28 Å². The molecule has 2 aromatic rings. The molecule has 1 aromatic heterocycles. The Bertz CT molecular complexity index is 652. The number of hydrogen-bond acceptors (Lipinski definition) is 5. The molecule has 3 rings (SSSR count). The summed E-state index contributed by atoms with van der Waals surface area (Å²) in [6.45, 7) is 1.86. The Balaban J connectivity index is 1.61. The Morgan fingerprint density at radius 1 is 1.14 bits per heavy atom. The van der Waals surface area contributed by atoms with E-state index in [1.54, 1.807) is 0 Å². The number of benzene rings is 1. The molecule has 1 aliphatic rings. The molecular formula is C14H13Cl2N3O2. The van der Waals surface area contributed by atoms with Gasteiger partial charge in [0, 0.05) is 6.54 Å². The molecule has 110 valence electrons. The maximum absolute atomic E-state index is 5.99. The number of fused-ring (bicyclic) bond motifs is 1. The van der Waals surface area contributed by atoms with Crippen molar-refractivity contribution in [1.82, 2.24) is 9.97 Å². The summed E-state index contributed by atoms with van der Waals surface area (Å²) in [7, 11) is 0. The van der Waals surface area contributed by atoms with Gasteiger partial charge in [-0.25, -0.2) is 4.98 Å². The Kier molecular flexibility index (Phi) is 4.31. The average Bonchev–Trinajstić information content (AvgIpc) is 2.50. The summed E-state index contributed by atoms with van der Waals surface area (Å²) in [6.07, 6.45) is 2.28. The van der Waals surface area contributed by atoms with Gasteiger partial charge in [-0.1, -0.05) is 17.7 Å². The predicted molar refractivity (Wildman–Crippen MR) is 81.7 cm³/mol. The predicted octanol–water partition coefficient (Wildman–Crippen LogP) is 3.21. The van der Waals surface area contributed by atoms with Crippen LogP contribution in [0.1, 0.15) is 5.56 Å². The molecule has 0 unspecified atom stereocenters. The molecule has 21 heavy (non-hydrogen) atoms. The van der Waals surface area contributed by atoms with Gasteiger partial charge < -0.3 is 14.8 Å². The van der Waals surface area contributed by atoms with Crippen molar-refractivity contribution in [3.05, 3.63) is 40.3 Å². The SMILES string of the molecule is Clc1ncc(Cl)c(NCCc2ccc3c(c2)OCCO3)n1. The van der Waals surface area contributed by atoms with E-state index in [1.165, 1.54) is 6.20 Å². The fourth-order valence-corrected chi connectivity index (χ4v) is 2.33. The zero-order chi connectivity index (χ0) is 14.7. The van der Waals surface area contributed by atoms with Crippen LogP contribution in [0.25, 0.3) is 0 Å². The molecule has 1 aromatic carbocycles. The first kappa shape index (κ1) is 14.2. The molecule has 1 aliphatic heterocycles. The first-order valence-corrected chi connectivity index (χ1v) is 7.28. The van der Waals surface area contributed by atoms with Gasteiger partial charge in [-0.05, 0) is 35.7 Å². The standard InChI is InChI=1S/C14H13Cl2N3O2/c15-10-8-18-14(16)19-13(10)17-4-3-9-1-2-11-12(7-9)21-6-5-20-11/h1-2,7-8H,3-6H2,(H,17,18,19). The summed E-state index contributed by atoms with van der Waals surface area (Å²) in [6, 6.07) is 5.94. The summed E-state index contributed by atoms with van der Waals surface area (Å²) in [4.78, 5) is 7.85. The van der Waals surface area contributed by atoms with Crippen molar-refractivity contribution >= 4 is 29.0 Å². The number of rotatable bonds is 4. The van der Waals surface area contributed by atoms with Crippen LogP contribution in [0.3, 0.4) is 0 Å². The van der Waals surface area contributed by atoms with Crippen molar-refractivity contribution in [3.63, 3.8) is 0 Å². The van der Waals surface area contributed by atoms with E-state index in [4.69, 9.17) is 32.7 Å².